The van der Waals surface area contributed by atoms with E-state index >= 15 is 0 Å². The molecule has 0 aliphatic heterocycles. The van der Waals surface area contributed by atoms with Crippen molar-refractivity contribution in [2.75, 3.05) is 4.72 Å². The van der Waals surface area contributed by atoms with Gasteiger partial charge in [0.15, 0.2) is 0 Å². The molecular weight excluding hydrogens is 351 g/mol. The fourth-order valence-electron chi connectivity index (χ4n) is 2.15. The summed E-state index contributed by atoms with van der Waals surface area (Å²) in [5.74, 6) is -0.521. The van der Waals surface area contributed by atoms with Gasteiger partial charge < -0.3 is 0 Å². The van der Waals surface area contributed by atoms with E-state index in [1.807, 2.05) is 6.92 Å². The van der Waals surface area contributed by atoms with Gasteiger partial charge in [0, 0.05) is 39.5 Å². The zero-order valence-electron chi connectivity index (χ0n) is 12.8. The Hall–Kier alpha value is -2.39. The van der Waals surface area contributed by atoms with Gasteiger partial charge in [-0.2, -0.15) is 0 Å². The van der Waals surface area contributed by atoms with Crippen LogP contribution in [0, 0.1) is 19.7 Å². The van der Waals surface area contributed by atoms with Crippen molar-refractivity contribution in [2.45, 2.75) is 18.7 Å². The first kappa shape index (κ1) is 16.5. The average Bonchev–Trinajstić information content (AvgIpc) is 2.87. The topological polar surface area (TPSA) is 84.8 Å². The first-order valence-corrected chi connectivity index (χ1v) is 9.18. The predicted molar refractivity (Wildman–Crippen MR) is 89.8 cm³/mol. The number of nitrogens with one attached hydrogen (secondary N) is 1. The molecule has 3 rings (SSSR count). The van der Waals surface area contributed by atoms with E-state index in [1.54, 1.807) is 13.0 Å². The molecule has 3 aromatic heterocycles. The summed E-state index contributed by atoms with van der Waals surface area (Å²) in [5.41, 5.74) is 1.04. The lowest BCUT2D eigenvalue weighted by molar-refractivity contribution is 0.600. The number of sulfonamides is 1. The molecule has 0 radical (unpaired) electrons. The molecule has 0 atom stereocenters. The van der Waals surface area contributed by atoms with Crippen molar-refractivity contribution in [1.29, 1.82) is 0 Å². The van der Waals surface area contributed by atoms with Crippen molar-refractivity contribution in [2.24, 2.45) is 0 Å². The molecule has 3 aromatic rings. The van der Waals surface area contributed by atoms with Gasteiger partial charge in [-0.3, -0.25) is 4.98 Å². The number of hydrogen-bond donors (Lipinski definition) is 1. The molecular formula is C15H13FN4O2S2. The quantitative estimate of drug-likeness (QED) is 0.769. The molecule has 9 heteroatoms. The van der Waals surface area contributed by atoms with E-state index in [4.69, 9.17) is 0 Å². The van der Waals surface area contributed by atoms with Crippen LogP contribution in [0.1, 0.15) is 9.75 Å². The van der Waals surface area contributed by atoms with Crippen LogP contribution < -0.4 is 4.72 Å². The number of halogens is 1. The molecule has 0 aliphatic carbocycles. The van der Waals surface area contributed by atoms with E-state index in [9.17, 15) is 12.8 Å². The number of hydrogen-bond acceptors (Lipinski definition) is 6. The smallest absolute Gasteiger partial charge is 0.261 e. The van der Waals surface area contributed by atoms with Gasteiger partial charge in [0.1, 0.15) is 10.7 Å². The van der Waals surface area contributed by atoms with Gasteiger partial charge in [0.05, 0.1) is 6.20 Å². The SMILES string of the molecule is Cc1cc(S(=O)(=O)Nc2ncc(-c3cncc(F)c3)cn2)c(C)s1. The van der Waals surface area contributed by atoms with E-state index in [0.717, 1.165) is 11.1 Å². The summed E-state index contributed by atoms with van der Waals surface area (Å²) in [5, 5.41) is 0. The Morgan fingerprint density at radius 3 is 2.33 bits per heavy atom. The fraction of sp³-hybridized carbons (Fsp3) is 0.133. The summed E-state index contributed by atoms with van der Waals surface area (Å²) >= 11 is 1.41. The van der Waals surface area contributed by atoms with Crippen LogP contribution in [0.25, 0.3) is 11.1 Å². The molecule has 0 spiro atoms. The third kappa shape index (κ3) is 3.41. The molecule has 6 nitrogen and oxygen atoms in total. The molecule has 1 N–H and O–H groups in total. The molecule has 0 fully saturated rings. The van der Waals surface area contributed by atoms with Crippen molar-refractivity contribution in [3.8, 4) is 11.1 Å². The van der Waals surface area contributed by atoms with Crippen molar-refractivity contribution < 1.29 is 12.8 Å². The Kier molecular flexibility index (Phi) is 4.29. The van der Waals surface area contributed by atoms with Crippen molar-refractivity contribution in [3.05, 3.63) is 52.5 Å². The predicted octanol–water partition coefficient (Wildman–Crippen LogP) is 3.16. The summed E-state index contributed by atoms with van der Waals surface area (Å²) in [4.78, 5) is 13.5. The summed E-state index contributed by atoms with van der Waals surface area (Å²) in [7, 11) is -3.74. The summed E-state index contributed by atoms with van der Waals surface area (Å²) in [6, 6.07) is 2.90. The van der Waals surface area contributed by atoms with E-state index < -0.39 is 15.8 Å². The number of thiophene rings is 1. The maximum absolute atomic E-state index is 13.2. The monoisotopic (exact) mass is 364 g/mol. The molecule has 0 saturated carbocycles. The lowest BCUT2D eigenvalue weighted by Crippen LogP contribution is -2.15. The Balaban J connectivity index is 1.85. The Morgan fingerprint density at radius 1 is 1.04 bits per heavy atom. The molecule has 0 aromatic carbocycles. The van der Waals surface area contributed by atoms with Crippen LogP contribution in [-0.2, 0) is 10.0 Å². The minimum atomic E-state index is -3.74. The van der Waals surface area contributed by atoms with Gasteiger partial charge >= 0.3 is 0 Å². The molecule has 0 bridgehead atoms. The largest absolute Gasteiger partial charge is 0.265 e. The second kappa shape index (κ2) is 6.25. The van der Waals surface area contributed by atoms with Crippen molar-refractivity contribution >= 4 is 27.3 Å². The fourth-order valence-corrected chi connectivity index (χ4v) is 4.66. The Bertz CT molecular complexity index is 985. The Labute approximate surface area is 142 Å². The molecule has 0 amide bonds. The zero-order valence-corrected chi connectivity index (χ0v) is 14.4. The van der Waals surface area contributed by atoms with Crippen LogP contribution in [0.5, 0.6) is 0 Å². The first-order valence-electron chi connectivity index (χ1n) is 6.88. The van der Waals surface area contributed by atoms with Crippen LogP contribution in [0.2, 0.25) is 0 Å². The van der Waals surface area contributed by atoms with Crippen LogP contribution in [0.15, 0.2) is 41.8 Å². The Morgan fingerprint density at radius 2 is 1.75 bits per heavy atom. The molecule has 3 heterocycles. The van der Waals surface area contributed by atoms with Crippen molar-refractivity contribution in [1.82, 2.24) is 15.0 Å². The van der Waals surface area contributed by atoms with Crippen LogP contribution in [0.4, 0.5) is 10.3 Å². The van der Waals surface area contributed by atoms with Gasteiger partial charge in [-0.1, -0.05) is 0 Å². The maximum atomic E-state index is 13.2. The summed E-state index contributed by atoms with van der Waals surface area (Å²) < 4.78 is 40.3. The highest BCUT2D eigenvalue weighted by Crippen LogP contribution is 2.26. The molecule has 0 saturated heterocycles. The first-order chi connectivity index (χ1) is 11.3. The number of nitrogens with zero attached hydrogens (tertiary/aromatic N) is 3. The van der Waals surface area contributed by atoms with E-state index in [1.165, 1.54) is 36.0 Å². The van der Waals surface area contributed by atoms with Crippen LogP contribution in [0.3, 0.4) is 0 Å². The van der Waals surface area contributed by atoms with Crippen LogP contribution in [-0.4, -0.2) is 23.4 Å². The average molecular weight is 364 g/mol. The lowest BCUT2D eigenvalue weighted by atomic mass is 10.1. The highest BCUT2D eigenvalue weighted by molar-refractivity contribution is 7.92. The lowest BCUT2D eigenvalue weighted by Gasteiger charge is -2.07. The van der Waals surface area contributed by atoms with E-state index in [0.29, 0.717) is 16.0 Å². The van der Waals surface area contributed by atoms with E-state index in [2.05, 4.69) is 19.7 Å². The summed E-state index contributed by atoms with van der Waals surface area (Å²) in [6.45, 7) is 3.59. The van der Waals surface area contributed by atoms with Crippen molar-refractivity contribution in [3.63, 3.8) is 0 Å². The molecule has 24 heavy (non-hydrogen) atoms. The van der Waals surface area contributed by atoms with Gasteiger partial charge in [-0.25, -0.2) is 27.5 Å². The third-order valence-electron chi connectivity index (χ3n) is 3.20. The van der Waals surface area contributed by atoms with Gasteiger partial charge in [0.25, 0.3) is 10.0 Å². The third-order valence-corrected chi connectivity index (χ3v) is 5.75. The highest BCUT2D eigenvalue weighted by atomic mass is 32.2. The number of anilines is 1. The zero-order chi connectivity index (χ0) is 17.3. The molecule has 124 valence electrons. The number of rotatable bonds is 4. The second-order valence-corrected chi connectivity index (χ2v) is 8.18. The summed E-state index contributed by atoms with van der Waals surface area (Å²) in [6.07, 6.45) is 5.39. The second-order valence-electron chi connectivity index (χ2n) is 5.07. The highest BCUT2D eigenvalue weighted by Gasteiger charge is 2.20. The van der Waals surface area contributed by atoms with E-state index in [-0.39, 0.29) is 10.8 Å². The molecule has 0 aliphatic rings. The standard InChI is InChI=1S/C15H13FN4O2S2/c1-9-3-14(10(2)23-9)24(21,22)20-15-18-6-12(7-19-15)11-4-13(16)8-17-5-11/h3-8H,1-2H3,(H,18,19,20). The van der Waals surface area contributed by atoms with Crippen LogP contribution >= 0.6 is 11.3 Å². The number of aryl methyl sites for hydroxylation is 2. The normalized spacial score (nSPS) is 11.5. The molecule has 0 unspecified atom stereocenters. The number of aromatic nitrogens is 3. The maximum Gasteiger partial charge on any atom is 0.265 e. The minimum absolute atomic E-state index is 0.0497. The van der Waals surface area contributed by atoms with Gasteiger partial charge in [-0.05, 0) is 26.0 Å². The number of pyridine rings is 1. The minimum Gasteiger partial charge on any atom is -0.261 e. The van der Waals surface area contributed by atoms with Gasteiger partial charge in [0.2, 0.25) is 5.95 Å². The van der Waals surface area contributed by atoms with Gasteiger partial charge in [-0.15, -0.1) is 11.3 Å².